The van der Waals surface area contributed by atoms with Gasteiger partial charge in [-0.25, -0.2) is 14.5 Å². The fraction of sp³-hybridized carbons (Fsp3) is 0.400. The number of nitrogens with zero attached hydrogens (tertiary/aromatic N) is 5. The Morgan fingerprint density at radius 2 is 1.82 bits per heavy atom. The van der Waals surface area contributed by atoms with E-state index in [0.717, 1.165) is 12.8 Å². The fourth-order valence-corrected chi connectivity index (χ4v) is 6.59. The lowest BCUT2D eigenvalue weighted by atomic mass is 9.76. The Morgan fingerprint density at radius 1 is 1.06 bits per heavy atom. The number of esters is 1. The van der Waals surface area contributed by atoms with E-state index in [0.29, 0.717) is 54.3 Å². The lowest BCUT2D eigenvalue weighted by molar-refractivity contribution is -0.198. The second-order valence-electron chi connectivity index (χ2n) is 12.6. The second-order valence-corrected chi connectivity index (χ2v) is 12.6. The van der Waals surface area contributed by atoms with Crippen molar-refractivity contribution < 1.29 is 37.3 Å². The van der Waals surface area contributed by atoms with Crippen LogP contribution in [0.1, 0.15) is 59.7 Å². The monoisotopic (exact) mass is 678 g/mol. The molecule has 2 N–H and O–H groups in total. The van der Waals surface area contributed by atoms with Crippen LogP contribution >= 0.6 is 0 Å². The number of piperidine rings is 1. The van der Waals surface area contributed by atoms with Gasteiger partial charge in [-0.05, 0) is 80.8 Å². The van der Waals surface area contributed by atoms with Crippen molar-refractivity contribution in [3.8, 4) is 22.7 Å². The van der Waals surface area contributed by atoms with Gasteiger partial charge in [0.25, 0.3) is 0 Å². The van der Waals surface area contributed by atoms with Gasteiger partial charge in [-0.2, -0.15) is 23.3 Å². The SMILES string of the molecule is CCOC(=O)c1cccc(-c2ccc([C@@H](Oc3cc(N4CCC5(CC4)CNC(C(=O)O)C5)nc(C)n3)C(F)(F)F)c(-n3ccc(C)n3)c2)c1. The summed E-state index contributed by atoms with van der Waals surface area (Å²) in [4.78, 5) is 34.6. The lowest BCUT2D eigenvalue weighted by Crippen LogP contribution is -2.41. The molecule has 1 spiro atoms. The number of aliphatic carboxylic acids is 1. The molecule has 4 aromatic rings. The van der Waals surface area contributed by atoms with Crippen LogP contribution in [0, 0.1) is 19.3 Å². The summed E-state index contributed by atoms with van der Waals surface area (Å²) in [6, 6.07) is 13.7. The molecule has 49 heavy (non-hydrogen) atoms. The first-order valence-corrected chi connectivity index (χ1v) is 16.1. The van der Waals surface area contributed by atoms with Gasteiger partial charge in [0.1, 0.15) is 17.7 Å². The number of aromatic nitrogens is 4. The Bertz CT molecular complexity index is 1850. The first kappa shape index (κ1) is 33.9. The maximum absolute atomic E-state index is 14.9. The Kier molecular flexibility index (Phi) is 9.34. The molecule has 2 aliphatic rings. The van der Waals surface area contributed by atoms with E-state index in [1.807, 2.05) is 4.90 Å². The number of hydrogen-bond acceptors (Lipinski definition) is 9. The molecule has 2 aromatic carbocycles. The number of anilines is 1. The lowest BCUT2D eigenvalue weighted by Gasteiger charge is -2.39. The molecular formula is C35H37F3N6O5. The van der Waals surface area contributed by atoms with E-state index in [-0.39, 0.29) is 35.0 Å². The zero-order valence-corrected chi connectivity index (χ0v) is 27.3. The van der Waals surface area contributed by atoms with Gasteiger partial charge in [-0.15, -0.1) is 0 Å². The molecule has 2 aromatic heterocycles. The van der Waals surface area contributed by atoms with E-state index in [2.05, 4.69) is 20.4 Å². The highest BCUT2D eigenvalue weighted by Gasteiger charge is 2.46. The number of carboxylic acids is 1. The number of alkyl halides is 3. The van der Waals surface area contributed by atoms with Crippen molar-refractivity contribution in [2.45, 2.75) is 58.4 Å². The predicted octanol–water partition coefficient (Wildman–Crippen LogP) is 5.84. The molecule has 0 aliphatic carbocycles. The molecule has 2 atom stereocenters. The van der Waals surface area contributed by atoms with Gasteiger partial charge in [0.2, 0.25) is 12.0 Å². The molecule has 258 valence electrons. The minimum atomic E-state index is -4.84. The topological polar surface area (TPSA) is 132 Å². The molecule has 14 heteroatoms. The zero-order valence-electron chi connectivity index (χ0n) is 27.3. The molecule has 0 saturated carbocycles. The van der Waals surface area contributed by atoms with E-state index in [4.69, 9.17) is 9.47 Å². The van der Waals surface area contributed by atoms with Crippen LogP contribution in [0.5, 0.6) is 5.88 Å². The maximum Gasteiger partial charge on any atom is 0.429 e. The Balaban J connectivity index is 1.31. The molecule has 0 bridgehead atoms. The summed E-state index contributed by atoms with van der Waals surface area (Å²) in [5.74, 6) is -0.899. The van der Waals surface area contributed by atoms with Crippen LogP contribution in [-0.4, -0.2) is 75.3 Å². The minimum absolute atomic E-state index is 0.143. The quantitative estimate of drug-likeness (QED) is 0.208. The number of carbonyl (C=O) groups is 2. The van der Waals surface area contributed by atoms with Gasteiger partial charge < -0.3 is 24.8 Å². The minimum Gasteiger partial charge on any atom is -0.480 e. The average Bonchev–Trinajstić information content (AvgIpc) is 3.70. The number of halogens is 3. The maximum atomic E-state index is 14.9. The largest absolute Gasteiger partial charge is 0.480 e. The van der Waals surface area contributed by atoms with Crippen molar-refractivity contribution in [1.29, 1.82) is 0 Å². The fourth-order valence-electron chi connectivity index (χ4n) is 6.59. The van der Waals surface area contributed by atoms with Gasteiger partial charge in [0, 0.05) is 37.5 Å². The molecule has 2 fully saturated rings. The van der Waals surface area contributed by atoms with Gasteiger partial charge >= 0.3 is 18.1 Å². The number of ether oxygens (including phenoxy) is 2. The summed E-state index contributed by atoms with van der Waals surface area (Å²) in [6.07, 6.45) is -3.69. The van der Waals surface area contributed by atoms with Crippen LogP contribution in [0.3, 0.4) is 0 Å². The van der Waals surface area contributed by atoms with E-state index in [9.17, 15) is 27.9 Å². The number of carbonyl (C=O) groups excluding carboxylic acids is 1. The van der Waals surface area contributed by atoms with Crippen LogP contribution in [0.25, 0.3) is 16.8 Å². The third-order valence-corrected chi connectivity index (χ3v) is 9.13. The third kappa shape index (κ3) is 7.38. The van der Waals surface area contributed by atoms with Crippen molar-refractivity contribution in [1.82, 2.24) is 25.1 Å². The average molecular weight is 679 g/mol. The van der Waals surface area contributed by atoms with E-state index in [1.165, 1.54) is 16.8 Å². The standard InChI is InChI=1S/C35H37F3N6O5/c1-4-48-33(47)25-7-5-6-23(16-25)24-8-9-26(28(17-24)44-13-10-21(2)42-44)31(35(36,37)38)49-30-18-29(40-22(3)41-30)43-14-11-34(12-15-43)19-27(32(45)46)39-20-34/h5-10,13,16-18,27,31,39H,4,11-12,14-15,19-20H2,1-3H3,(H,45,46)/t27?,31-/m1/s1. The molecule has 0 amide bonds. The number of rotatable bonds is 9. The zero-order chi connectivity index (χ0) is 34.9. The highest BCUT2D eigenvalue weighted by molar-refractivity contribution is 5.91. The molecule has 6 rings (SSSR count). The second kappa shape index (κ2) is 13.5. The van der Waals surface area contributed by atoms with Crippen molar-refractivity contribution in [3.05, 3.63) is 83.4 Å². The number of hydrogen-bond donors (Lipinski definition) is 2. The summed E-state index contributed by atoms with van der Waals surface area (Å²) in [5.41, 5.74) is 1.92. The molecule has 2 aliphatic heterocycles. The van der Waals surface area contributed by atoms with Crippen LogP contribution in [-0.2, 0) is 9.53 Å². The third-order valence-electron chi connectivity index (χ3n) is 9.13. The molecule has 0 radical (unpaired) electrons. The predicted molar refractivity (Wildman–Crippen MR) is 174 cm³/mol. The highest BCUT2D eigenvalue weighted by Crippen LogP contribution is 2.42. The van der Waals surface area contributed by atoms with Gasteiger partial charge in [0.05, 0.1) is 23.6 Å². The summed E-state index contributed by atoms with van der Waals surface area (Å²) in [5, 5.41) is 16.9. The van der Waals surface area contributed by atoms with Crippen LogP contribution < -0.4 is 15.0 Å². The number of aryl methyl sites for hydroxylation is 2. The highest BCUT2D eigenvalue weighted by atomic mass is 19.4. The van der Waals surface area contributed by atoms with Crippen molar-refractivity contribution in [2.24, 2.45) is 5.41 Å². The van der Waals surface area contributed by atoms with E-state index in [1.54, 1.807) is 69.4 Å². The van der Waals surface area contributed by atoms with Gasteiger partial charge in [0.15, 0.2) is 0 Å². The first-order valence-electron chi connectivity index (χ1n) is 16.1. The van der Waals surface area contributed by atoms with Crippen molar-refractivity contribution >= 4 is 17.8 Å². The van der Waals surface area contributed by atoms with Gasteiger partial charge in [-0.1, -0.05) is 24.3 Å². The molecule has 4 heterocycles. The first-order chi connectivity index (χ1) is 23.3. The number of benzene rings is 2. The summed E-state index contributed by atoms with van der Waals surface area (Å²) in [6.45, 7) is 6.98. The molecule has 11 nitrogen and oxygen atoms in total. The normalized spacial score (nSPS) is 18.0. The van der Waals surface area contributed by atoms with Crippen molar-refractivity contribution in [2.75, 3.05) is 31.1 Å². The van der Waals surface area contributed by atoms with Crippen molar-refractivity contribution in [3.63, 3.8) is 0 Å². The smallest absolute Gasteiger partial charge is 0.429 e. The number of carboxylic acid groups (broad SMARTS) is 1. The van der Waals surface area contributed by atoms with Crippen LogP contribution in [0.2, 0.25) is 0 Å². The Morgan fingerprint density at radius 3 is 2.47 bits per heavy atom. The molecule has 2 saturated heterocycles. The van der Waals surface area contributed by atoms with E-state index >= 15 is 0 Å². The van der Waals surface area contributed by atoms with Crippen LogP contribution in [0.4, 0.5) is 19.0 Å². The summed E-state index contributed by atoms with van der Waals surface area (Å²) < 4.78 is 57.0. The van der Waals surface area contributed by atoms with E-state index < -0.39 is 30.3 Å². The van der Waals surface area contributed by atoms with Crippen LogP contribution in [0.15, 0.2) is 60.8 Å². The summed E-state index contributed by atoms with van der Waals surface area (Å²) in [7, 11) is 0. The summed E-state index contributed by atoms with van der Waals surface area (Å²) >= 11 is 0. The Labute approximate surface area is 281 Å². The number of nitrogens with one attached hydrogen (secondary N) is 1. The molecular weight excluding hydrogens is 641 g/mol. The molecule has 1 unspecified atom stereocenters. The Hall–Kier alpha value is -4.98. The van der Waals surface area contributed by atoms with Gasteiger partial charge in [-0.3, -0.25) is 4.79 Å².